The Balaban J connectivity index is 0.00000141. The van der Waals surface area contributed by atoms with E-state index >= 15 is 0 Å². The van der Waals surface area contributed by atoms with Crippen LogP contribution in [0.15, 0.2) is 66.0 Å². The van der Waals surface area contributed by atoms with E-state index in [1.807, 2.05) is 86.8 Å². The Hall–Kier alpha value is -3.19. The van der Waals surface area contributed by atoms with Crippen molar-refractivity contribution in [2.24, 2.45) is 0 Å². The maximum absolute atomic E-state index is 12.9. The summed E-state index contributed by atoms with van der Waals surface area (Å²) in [6.07, 6.45) is 0.892. The summed E-state index contributed by atoms with van der Waals surface area (Å²) >= 11 is 1.37. The van der Waals surface area contributed by atoms with E-state index in [1.165, 1.54) is 11.3 Å². The number of likely N-dealkylation sites (tertiary alicyclic amines) is 1. The van der Waals surface area contributed by atoms with Crippen LogP contribution in [-0.2, 0) is 16.1 Å². The third kappa shape index (κ3) is 5.73. The molecule has 0 spiro atoms. The molecule has 6 nitrogen and oxygen atoms in total. The standard InChI is InChI=1S/C23H23N3O3S.C2H6/c1-16-12-13-20(26(16)23(28)29-14-17-8-4-2-5-9-17)21(27)25-22-24-19(15-30-22)18-10-6-3-7-11-18;1-2/h2-11,15-16,20H,12-14H2,1H3,(H,24,25,27);1-2H3. The van der Waals surface area contributed by atoms with Crippen molar-refractivity contribution in [3.63, 3.8) is 0 Å². The van der Waals surface area contributed by atoms with Crippen molar-refractivity contribution in [3.05, 3.63) is 71.6 Å². The minimum absolute atomic E-state index is 0.0554. The van der Waals surface area contributed by atoms with Gasteiger partial charge in [0.25, 0.3) is 0 Å². The summed E-state index contributed by atoms with van der Waals surface area (Å²) in [4.78, 5) is 31.7. The van der Waals surface area contributed by atoms with Gasteiger partial charge in [-0.15, -0.1) is 11.3 Å². The van der Waals surface area contributed by atoms with Gasteiger partial charge in [-0.3, -0.25) is 9.69 Å². The number of carbonyl (C=O) groups is 2. The van der Waals surface area contributed by atoms with Crippen molar-refractivity contribution in [2.45, 2.75) is 52.3 Å². The number of hydrogen-bond donors (Lipinski definition) is 1. The Labute approximate surface area is 193 Å². The van der Waals surface area contributed by atoms with E-state index in [4.69, 9.17) is 4.74 Å². The fraction of sp³-hybridized carbons (Fsp3) is 0.320. The van der Waals surface area contributed by atoms with Gasteiger partial charge >= 0.3 is 6.09 Å². The molecule has 0 aliphatic carbocycles. The largest absolute Gasteiger partial charge is 0.445 e. The summed E-state index contributed by atoms with van der Waals surface area (Å²) in [5.41, 5.74) is 2.72. The summed E-state index contributed by atoms with van der Waals surface area (Å²) in [7, 11) is 0. The van der Waals surface area contributed by atoms with Crippen molar-refractivity contribution >= 4 is 28.5 Å². The molecule has 168 valence electrons. The lowest BCUT2D eigenvalue weighted by Crippen LogP contribution is -2.46. The lowest BCUT2D eigenvalue weighted by atomic mass is 10.2. The highest BCUT2D eigenvalue weighted by Gasteiger charge is 2.40. The van der Waals surface area contributed by atoms with Crippen molar-refractivity contribution in [1.82, 2.24) is 9.88 Å². The van der Waals surface area contributed by atoms with Gasteiger partial charge in [-0.1, -0.05) is 74.5 Å². The number of carbonyl (C=O) groups excluding carboxylic acids is 2. The zero-order chi connectivity index (χ0) is 22.9. The number of aromatic nitrogens is 1. The number of thiazole rings is 1. The Bertz CT molecular complexity index is 1010. The van der Waals surface area contributed by atoms with E-state index in [1.54, 1.807) is 4.90 Å². The Morgan fingerprint density at radius 3 is 2.41 bits per heavy atom. The molecule has 1 aromatic heterocycles. The van der Waals surface area contributed by atoms with Gasteiger partial charge in [-0.05, 0) is 25.3 Å². The van der Waals surface area contributed by atoms with Crippen molar-refractivity contribution in [2.75, 3.05) is 5.32 Å². The Morgan fingerprint density at radius 2 is 1.72 bits per heavy atom. The monoisotopic (exact) mass is 451 g/mol. The number of amides is 2. The average Bonchev–Trinajstić information content (AvgIpc) is 3.47. The first kappa shape index (κ1) is 23.5. The molecule has 1 aliphatic heterocycles. The topological polar surface area (TPSA) is 71.5 Å². The highest BCUT2D eigenvalue weighted by Crippen LogP contribution is 2.28. The van der Waals surface area contributed by atoms with Crippen molar-refractivity contribution in [1.29, 1.82) is 0 Å². The van der Waals surface area contributed by atoms with Crippen LogP contribution < -0.4 is 5.32 Å². The molecule has 3 aromatic rings. The molecule has 2 aromatic carbocycles. The summed E-state index contributed by atoms with van der Waals surface area (Å²) < 4.78 is 5.47. The maximum Gasteiger partial charge on any atom is 0.411 e. The molecule has 2 unspecified atom stereocenters. The molecule has 2 amide bonds. The molecule has 2 heterocycles. The molecular formula is C25H29N3O3S. The first-order valence-corrected chi connectivity index (χ1v) is 11.8. The van der Waals surface area contributed by atoms with Gasteiger partial charge in [0.1, 0.15) is 12.6 Å². The molecule has 4 rings (SSSR count). The molecule has 1 fully saturated rings. The van der Waals surface area contributed by atoms with E-state index in [9.17, 15) is 9.59 Å². The molecule has 7 heteroatoms. The van der Waals surface area contributed by atoms with Crippen LogP contribution in [0.2, 0.25) is 0 Å². The predicted octanol–water partition coefficient (Wildman–Crippen LogP) is 5.96. The second-order valence-electron chi connectivity index (χ2n) is 7.28. The summed E-state index contributed by atoms with van der Waals surface area (Å²) in [6.45, 7) is 6.12. The number of nitrogens with zero attached hydrogens (tertiary/aromatic N) is 2. The number of nitrogens with one attached hydrogen (secondary N) is 1. The highest BCUT2D eigenvalue weighted by atomic mass is 32.1. The minimum Gasteiger partial charge on any atom is -0.445 e. The third-order valence-electron chi connectivity index (χ3n) is 5.19. The highest BCUT2D eigenvalue weighted by molar-refractivity contribution is 7.14. The van der Waals surface area contributed by atoms with Crippen LogP contribution in [0.5, 0.6) is 0 Å². The SMILES string of the molecule is CC.CC1CCC(C(=O)Nc2nc(-c3ccccc3)cs2)N1C(=O)OCc1ccccc1. The second-order valence-corrected chi connectivity index (χ2v) is 8.14. The van der Waals surface area contributed by atoms with Crippen LogP contribution in [0.25, 0.3) is 11.3 Å². The quantitative estimate of drug-likeness (QED) is 0.519. The van der Waals surface area contributed by atoms with Gasteiger partial charge in [0.2, 0.25) is 5.91 Å². The number of hydrogen-bond acceptors (Lipinski definition) is 5. The molecule has 1 N–H and O–H groups in total. The maximum atomic E-state index is 12.9. The summed E-state index contributed by atoms with van der Waals surface area (Å²) in [5, 5.41) is 5.31. The van der Waals surface area contributed by atoms with Crippen LogP contribution in [0.4, 0.5) is 9.93 Å². The van der Waals surface area contributed by atoms with Gasteiger partial charge in [-0.2, -0.15) is 0 Å². The van der Waals surface area contributed by atoms with E-state index in [0.29, 0.717) is 11.6 Å². The zero-order valence-corrected chi connectivity index (χ0v) is 19.5. The van der Waals surface area contributed by atoms with E-state index in [-0.39, 0.29) is 18.6 Å². The smallest absolute Gasteiger partial charge is 0.411 e. The van der Waals surface area contributed by atoms with Crippen LogP contribution in [-0.4, -0.2) is 34.0 Å². The minimum atomic E-state index is -0.563. The first-order valence-electron chi connectivity index (χ1n) is 10.9. The summed E-state index contributed by atoms with van der Waals surface area (Å²) in [5.74, 6) is -0.232. The van der Waals surface area contributed by atoms with Gasteiger partial charge in [-0.25, -0.2) is 9.78 Å². The Morgan fingerprint density at radius 1 is 1.06 bits per heavy atom. The van der Waals surface area contributed by atoms with E-state index in [2.05, 4.69) is 10.3 Å². The number of anilines is 1. The molecule has 1 saturated heterocycles. The van der Waals surface area contributed by atoms with Crippen LogP contribution in [0.1, 0.15) is 39.2 Å². The normalized spacial score (nSPS) is 17.3. The van der Waals surface area contributed by atoms with Gasteiger partial charge in [0, 0.05) is 17.0 Å². The number of benzene rings is 2. The van der Waals surface area contributed by atoms with Crippen LogP contribution in [0, 0.1) is 0 Å². The zero-order valence-electron chi connectivity index (χ0n) is 18.7. The van der Waals surface area contributed by atoms with Gasteiger partial charge < -0.3 is 10.1 Å². The third-order valence-corrected chi connectivity index (χ3v) is 5.95. The van der Waals surface area contributed by atoms with Gasteiger partial charge in [0.15, 0.2) is 5.13 Å². The average molecular weight is 452 g/mol. The van der Waals surface area contributed by atoms with Crippen molar-refractivity contribution < 1.29 is 14.3 Å². The fourth-order valence-corrected chi connectivity index (χ4v) is 4.33. The molecular weight excluding hydrogens is 422 g/mol. The van der Waals surface area contributed by atoms with Crippen molar-refractivity contribution in [3.8, 4) is 11.3 Å². The summed E-state index contributed by atoms with van der Waals surface area (Å²) in [6, 6.07) is 18.7. The fourth-order valence-electron chi connectivity index (χ4n) is 3.60. The van der Waals surface area contributed by atoms with E-state index < -0.39 is 12.1 Å². The Kier molecular flexibility index (Phi) is 8.39. The van der Waals surface area contributed by atoms with Gasteiger partial charge in [0.05, 0.1) is 5.69 Å². The second kappa shape index (κ2) is 11.4. The molecule has 1 aliphatic rings. The lowest BCUT2D eigenvalue weighted by molar-refractivity contribution is -0.120. The number of rotatable bonds is 5. The molecule has 2 atom stereocenters. The molecule has 32 heavy (non-hydrogen) atoms. The van der Waals surface area contributed by atoms with Crippen LogP contribution in [0.3, 0.4) is 0 Å². The predicted molar refractivity (Wildman–Crippen MR) is 128 cm³/mol. The van der Waals surface area contributed by atoms with E-state index in [0.717, 1.165) is 23.2 Å². The molecule has 0 bridgehead atoms. The molecule has 0 radical (unpaired) electrons. The van der Waals surface area contributed by atoms with Crippen LogP contribution >= 0.6 is 11.3 Å². The lowest BCUT2D eigenvalue weighted by Gasteiger charge is -2.26. The molecule has 0 saturated carbocycles. The number of ether oxygens (including phenoxy) is 1. The first-order chi connectivity index (χ1) is 15.6.